The van der Waals surface area contributed by atoms with E-state index >= 15 is 0 Å². The molecule has 0 spiro atoms. The third-order valence-electron chi connectivity index (χ3n) is 4.50. The molecule has 3 rings (SSSR count). The van der Waals surface area contributed by atoms with Crippen molar-refractivity contribution in [3.63, 3.8) is 0 Å². The van der Waals surface area contributed by atoms with Crippen molar-refractivity contribution >= 4 is 17.3 Å². The molecule has 1 nitrogen and oxygen atoms in total. The van der Waals surface area contributed by atoms with Gasteiger partial charge in [0.1, 0.15) is 4.87 Å². The molecule has 0 saturated heterocycles. The summed E-state index contributed by atoms with van der Waals surface area (Å²) in [4.78, 5) is -0.695. The van der Waals surface area contributed by atoms with Crippen LogP contribution in [0.2, 0.25) is 0 Å². The van der Waals surface area contributed by atoms with Gasteiger partial charge in [-0.15, -0.1) is 11.6 Å². The molecule has 0 fully saturated rings. The molecule has 1 N–H and O–H groups in total. The highest BCUT2D eigenvalue weighted by molar-refractivity contribution is 6.28. The zero-order valence-electron chi connectivity index (χ0n) is 14.1. The van der Waals surface area contributed by atoms with Crippen molar-refractivity contribution in [3.8, 4) is 0 Å². The average molecular weight is 336 g/mol. The van der Waals surface area contributed by atoms with Gasteiger partial charge in [-0.05, 0) is 40.8 Å². The minimum atomic E-state index is -0.695. The van der Waals surface area contributed by atoms with E-state index in [0.717, 1.165) is 28.8 Å². The van der Waals surface area contributed by atoms with Gasteiger partial charge in [0, 0.05) is 12.7 Å². The van der Waals surface area contributed by atoms with Crippen LogP contribution in [0, 0.1) is 0 Å². The highest BCUT2D eigenvalue weighted by Crippen LogP contribution is 2.43. The Labute approximate surface area is 149 Å². The van der Waals surface area contributed by atoms with Crippen molar-refractivity contribution in [3.05, 3.63) is 101 Å². The van der Waals surface area contributed by atoms with Crippen molar-refractivity contribution in [2.24, 2.45) is 0 Å². The van der Waals surface area contributed by atoms with Crippen LogP contribution in [0.25, 0.3) is 0 Å². The third-order valence-corrected chi connectivity index (χ3v) is 5.16. The first-order valence-corrected chi connectivity index (χ1v) is 8.68. The normalized spacial score (nSPS) is 13.3. The highest BCUT2D eigenvalue weighted by Gasteiger charge is 2.33. The molecular weight excluding hydrogens is 314 g/mol. The summed E-state index contributed by atoms with van der Waals surface area (Å²) in [6.07, 6.45) is 1.03. The molecule has 0 heterocycles. The molecule has 0 radical (unpaired) electrons. The average Bonchev–Trinajstić information content (AvgIpc) is 2.68. The van der Waals surface area contributed by atoms with E-state index in [0.29, 0.717) is 0 Å². The SMILES string of the molecule is CCc1ccc(C(Cl)(c2ccccc2)c2ccc(NC)cc2)cc1. The fraction of sp³-hybridized carbons (Fsp3) is 0.182. The van der Waals surface area contributed by atoms with Gasteiger partial charge < -0.3 is 5.32 Å². The van der Waals surface area contributed by atoms with Crippen molar-refractivity contribution in [1.29, 1.82) is 0 Å². The Morgan fingerprint density at radius 2 is 1.25 bits per heavy atom. The largest absolute Gasteiger partial charge is 0.388 e. The lowest BCUT2D eigenvalue weighted by molar-refractivity contribution is 0.877. The number of aryl methyl sites for hydroxylation is 1. The van der Waals surface area contributed by atoms with E-state index in [4.69, 9.17) is 11.6 Å². The van der Waals surface area contributed by atoms with Gasteiger partial charge in [-0.3, -0.25) is 0 Å². The predicted octanol–water partition coefficient (Wildman–Crippen LogP) is 5.82. The molecule has 2 heteroatoms. The number of alkyl halides is 1. The van der Waals surface area contributed by atoms with E-state index < -0.39 is 4.87 Å². The zero-order valence-corrected chi connectivity index (χ0v) is 14.8. The maximum absolute atomic E-state index is 7.29. The number of nitrogens with one attached hydrogen (secondary N) is 1. The second-order valence-corrected chi connectivity index (χ2v) is 6.47. The number of hydrogen-bond donors (Lipinski definition) is 1. The molecule has 0 aliphatic rings. The van der Waals surface area contributed by atoms with Crippen LogP contribution in [0.15, 0.2) is 78.9 Å². The van der Waals surface area contributed by atoms with Gasteiger partial charge in [0.2, 0.25) is 0 Å². The first kappa shape index (κ1) is 16.6. The van der Waals surface area contributed by atoms with Crippen molar-refractivity contribution in [2.45, 2.75) is 18.2 Å². The summed E-state index contributed by atoms with van der Waals surface area (Å²) in [5, 5.41) is 3.16. The summed E-state index contributed by atoms with van der Waals surface area (Å²) in [5.74, 6) is 0. The molecule has 1 atom stereocenters. The first-order chi connectivity index (χ1) is 11.7. The van der Waals surface area contributed by atoms with Gasteiger partial charge in [0.15, 0.2) is 0 Å². The maximum atomic E-state index is 7.29. The molecule has 1 unspecified atom stereocenters. The quantitative estimate of drug-likeness (QED) is 0.457. The molecule has 0 aliphatic carbocycles. The summed E-state index contributed by atoms with van der Waals surface area (Å²) >= 11 is 7.29. The maximum Gasteiger partial charge on any atom is 0.119 e. The van der Waals surface area contributed by atoms with E-state index in [1.807, 2.05) is 25.2 Å². The predicted molar refractivity (Wildman–Crippen MR) is 104 cm³/mol. The van der Waals surface area contributed by atoms with Crippen LogP contribution in [-0.4, -0.2) is 7.05 Å². The molecular formula is C22H22ClN. The summed E-state index contributed by atoms with van der Waals surface area (Å²) in [5.41, 5.74) is 5.63. The van der Waals surface area contributed by atoms with Gasteiger partial charge in [0.05, 0.1) is 0 Å². The Kier molecular flexibility index (Phi) is 4.92. The fourth-order valence-electron chi connectivity index (χ4n) is 3.00. The molecule has 0 saturated carbocycles. The monoisotopic (exact) mass is 335 g/mol. The van der Waals surface area contributed by atoms with Crippen molar-refractivity contribution < 1.29 is 0 Å². The van der Waals surface area contributed by atoms with Crippen LogP contribution >= 0.6 is 11.6 Å². The van der Waals surface area contributed by atoms with E-state index in [-0.39, 0.29) is 0 Å². The van der Waals surface area contributed by atoms with Crippen LogP contribution in [0.1, 0.15) is 29.2 Å². The lowest BCUT2D eigenvalue weighted by Gasteiger charge is -2.29. The molecule has 122 valence electrons. The molecule has 0 aliphatic heterocycles. The number of rotatable bonds is 5. The summed E-state index contributed by atoms with van der Waals surface area (Å²) in [7, 11) is 1.92. The van der Waals surface area contributed by atoms with E-state index in [2.05, 4.69) is 72.9 Å². The third kappa shape index (κ3) is 3.05. The van der Waals surface area contributed by atoms with Gasteiger partial charge in [-0.2, -0.15) is 0 Å². The minimum absolute atomic E-state index is 0.695. The Balaban J connectivity index is 2.16. The minimum Gasteiger partial charge on any atom is -0.388 e. The van der Waals surface area contributed by atoms with Gasteiger partial charge in [-0.25, -0.2) is 0 Å². The highest BCUT2D eigenvalue weighted by atomic mass is 35.5. The molecule has 0 bridgehead atoms. The Morgan fingerprint density at radius 3 is 1.75 bits per heavy atom. The Bertz CT molecular complexity index is 729. The smallest absolute Gasteiger partial charge is 0.119 e. The Morgan fingerprint density at radius 1 is 0.750 bits per heavy atom. The van der Waals surface area contributed by atoms with Crippen molar-refractivity contribution in [2.75, 3.05) is 12.4 Å². The second kappa shape index (κ2) is 7.11. The van der Waals surface area contributed by atoms with Crippen LogP contribution in [0.5, 0.6) is 0 Å². The lowest BCUT2D eigenvalue weighted by atomic mass is 9.83. The van der Waals surface area contributed by atoms with Crippen LogP contribution in [-0.2, 0) is 11.3 Å². The first-order valence-electron chi connectivity index (χ1n) is 8.30. The zero-order chi connectivity index (χ0) is 17.0. The Hall–Kier alpha value is -2.25. The molecule has 0 amide bonds. The van der Waals surface area contributed by atoms with Crippen molar-refractivity contribution in [1.82, 2.24) is 0 Å². The molecule has 3 aromatic carbocycles. The van der Waals surface area contributed by atoms with E-state index in [1.165, 1.54) is 5.56 Å². The van der Waals surface area contributed by atoms with Crippen LogP contribution in [0.4, 0.5) is 5.69 Å². The van der Waals surface area contributed by atoms with Crippen LogP contribution in [0.3, 0.4) is 0 Å². The van der Waals surface area contributed by atoms with Gasteiger partial charge in [0.25, 0.3) is 0 Å². The summed E-state index contributed by atoms with van der Waals surface area (Å²) < 4.78 is 0. The number of benzene rings is 3. The van der Waals surface area contributed by atoms with Gasteiger partial charge >= 0.3 is 0 Å². The standard InChI is InChI=1S/C22H22ClN/c1-3-17-9-11-19(12-10-17)22(23,18-7-5-4-6-8-18)20-13-15-21(24-2)16-14-20/h4-16,24H,3H2,1-2H3. The van der Waals surface area contributed by atoms with Crippen LogP contribution < -0.4 is 5.32 Å². The summed E-state index contributed by atoms with van der Waals surface area (Å²) in [6.45, 7) is 2.16. The van der Waals surface area contributed by atoms with Gasteiger partial charge in [-0.1, -0.05) is 73.7 Å². The lowest BCUT2D eigenvalue weighted by Crippen LogP contribution is -2.22. The summed E-state index contributed by atoms with van der Waals surface area (Å²) in [6, 6.07) is 27.2. The van der Waals surface area contributed by atoms with E-state index in [9.17, 15) is 0 Å². The molecule has 24 heavy (non-hydrogen) atoms. The fourth-order valence-corrected chi connectivity index (χ4v) is 3.38. The number of halogens is 1. The second-order valence-electron chi connectivity index (χ2n) is 5.90. The number of hydrogen-bond acceptors (Lipinski definition) is 1. The molecule has 0 aromatic heterocycles. The number of anilines is 1. The molecule has 3 aromatic rings. The van der Waals surface area contributed by atoms with E-state index in [1.54, 1.807) is 0 Å². The topological polar surface area (TPSA) is 12.0 Å².